The molecule has 13 heavy (non-hydrogen) atoms. The lowest BCUT2D eigenvalue weighted by Crippen LogP contribution is -2.11. The van der Waals surface area contributed by atoms with E-state index in [0.717, 1.165) is 0 Å². The van der Waals surface area contributed by atoms with Crippen molar-refractivity contribution in [3.8, 4) is 0 Å². The van der Waals surface area contributed by atoms with E-state index in [1.54, 1.807) is 37.3 Å². The zero-order chi connectivity index (χ0) is 9.90. The Balaban J connectivity index is 3.06. The summed E-state index contributed by atoms with van der Waals surface area (Å²) in [6.07, 6.45) is 0.294. The monoisotopic (exact) mass is 199 g/mol. The van der Waals surface area contributed by atoms with Crippen LogP contribution in [-0.2, 0) is 10.1 Å². The van der Waals surface area contributed by atoms with E-state index >= 15 is 0 Å². The van der Waals surface area contributed by atoms with Crippen molar-refractivity contribution in [2.45, 2.75) is 13.3 Å². The predicted octanol–water partition coefficient (Wildman–Crippen LogP) is 1.86. The molecule has 0 atom stereocenters. The van der Waals surface area contributed by atoms with E-state index in [1.165, 1.54) is 0 Å². The second kappa shape index (κ2) is 3.89. The molecule has 0 amide bonds. The highest BCUT2D eigenvalue weighted by Gasteiger charge is 2.23. The predicted molar refractivity (Wildman–Crippen MR) is 50.6 cm³/mol. The molecule has 3 nitrogen and oxygen atoms in total. The van der Waals surface area contributed by atoms with Gasteiger partial charge in [-0.25, -0.2) is 0 Å². The fourth-order valence-electron chi connectivity index (χ4n) is 1.16. The third-order valence-corrected chi connectivity index (χ3v) is 2.88. The number of hydrogen-bond acceptors (Lipinski definition) is 2. The molecule has 1 rings (SSSR count). The van der Waals surface area contributed by atoms with Crippen LogP contribution in [0.15, 0.2) is 30.3 Å². The maximum Gasteiger partial charge on any atom is 0.276 e. The third-order valence-electron chi connectivity index (χ3n) is 1.73. The van der Waals surface area contributed by atoms with E-state index in [4.69, 9.17) is 4.55 Å². The molecule has 0 saturated carbocycles. The SMILES string of the molecule is CC[C](c1ccccc1)S(=O)(=O)O. The first-order valence-electron chi connectivity index (χ1n) is 3.94. The minimum absolute atomic E-state index is 0.0631. The van der Waals surface area contributed by atoms with Gasteiger partial charge in [-0.2, -0.15) is 8.42 Å². The molecule has 0 fully saturated rings. The topological polar surface area (TPSA) is 54.4 Å². The van der Waals surface area contributed by atoms with Gasteiger partial charge in [0.25, 0.3) is 10.1 Å². The molecular weight excluding hydrogens is 188 g/mol. The summed E-state index contributed by atoms with van der Waals surface area (Å²) in [5.41, 5.74) is 0.549. The highest BCUT2D eigenvalue weighted by molar-refractivity contribution is 7.89. The summed E-state index contributed by atoms with van der Waals surface area (Å²) >= 11 is 0. The molecule has 0 aliphatic heterocycles. The maximum absolute atomic E-state index is 10.9. The Bertz CT molecular complexity index is 356. The number of hydrogen-bond donors (Lipinski definition) is 1. The van der Waals surface area contributed by atoms with E-state index in [0.29, 0.717) is 12.0 Å². The molecule has 0 bridgehead atoms. The first-order valence-corrected chi connectivity index (χ1v) is 5.38. The van der Waals surface area contributed by atoms with Gasteiger partial charge in [-0.05, 0) is 12.0 Å². The van der Waals surface area contributed by atoms with Gasteiger partial charge in [-0.3, -0.25) is 4.55 Å². The van der Waals surface area contributed by atoms with Crippen LogP contribution in [0.5, 0.6) is 0 Å². The van der Waals surface area contributed by atoms with Crippen molar-refractivity contribution in [2.75, 3.05) is 0 Å². The Hall–Kier alpha value is -0.870. The van der Waals surface area contributed by atoms with Crippen molar-refractivity contribution in [3.63, 3.8) is 0 Å². The highest BCUT2D eigenvalue weighted by Crippen LogP contribution is 2.22. The standard InChI is InChI=1S/C9H11O3S/c1-2-9(13(10,11)12)8-6-4-3-5-7-8/h3-7H,2H2,1H3,(H,10,11,12). The van der Waals surface area contributed by atoms with Gasteiger partial charge in [-0.15, -0.1) is 0 Å². The summed E-state index contributed by atoms with van der Waals surface area (Å²) in [5.74, 6) is 0. The fourth-order valence-corrected chi connectivity index (χ4v) is 1.96. The largest absolute Gasteiger partial charge is 0.285 e. The minimum Gasteiger partial charge on any atom is -0.285 e. The lowest BCUT2D eigenvalue weighted by Gasteiger charge is -2.09. The summed E-state index contributed by atoms with van der Waals surface area (Å²) < 4.78 is 30.6. The van der Waals surface area contributed by atoms with Gasteiger partial charge >= 0.3 is 0 Å². The molecule has 1 radical (unpaired) electrons. The van der Waals surface area contributed by atoms with Gasteiger partial charge in [0, 0.05) is 0 Å². The van der Waals surface area contributed by atoms with Gasteiger partial charge in [-0.1, -0.05) is 37.3 Å². The molecule has 0 heterocycles. The zero-order valence-corrected chi connectivity index (χ0v) is 8.08. The Morgan fingerprint density at radius 2 is 1.85 bits per heavy atom. The Morgan fingerprint density at radius 1 is 1.31 bits per heavy atom. The second-order valence-corrected chi connectivity index (χ2v) is 4.06. The minimum atomic E-state index is -4.05. The van der Waals surface area contributed by atoms with Crippen molar-refractivity contribution in [3.05, 3.63) is 41.1 Å². The Kier molecular flexibility index (Phi) is 3.06. The molecule has 1 N–H and O–H groups in total. The van der Waals surface area contributed by atoms with Crippen molar-refractivity contribution in [1.82, 2.24) is 0 Å². The molecule has 4 heteroatoms. The van der Waals surface area contributed by atoms with Gasteiger partial charge in [0.1, 0.15) is 5.25 Å². The van der Waals surface area contributed by atoms with E-state index in [-0.39, 0.29) is 5.25 Å². The summed E-state index contributed by atoms with van der Waals surface area (Å²) in [4.78, 5) is 0. The lowest BCUT2D eigenvalue weighted by atomic mass is 10.1. The summed E-state index contributed by atoms with van der Waals surface area (Å²) in [6.45, 7) is 1.69. The van der Waals surface area contributed by atoms with Crippen LogP contribution in [0.1, 0.15) is 18.9 Å². The fraction of sp³-hybridized carbons (Fsp3) is 0.222. The number of benzene rings is 1. The molecule has 1 aromatic rings. The van der Waals surface area contributed by atoms with E-state index in [1.807, 2.05) is 0 Å². The zero-order valence-electron chi connectivity index (χ0n) is 7.27. The highest BCUT2D eigenvalue weighted by atomic mass is 32.2. The van der Waals surface area contributed by atoms with Crippen molar-refractivity contribution < 1.29 is 13.0 Å². The quantitative estimate of drug-likeness (QED) is 0.756. The normalized spacial score (nSPS) is 11.9. The van der Waals surface area contributed by atoms with Gasteiger partial charge in [0.15, 0.2) is 0 Å². The van der Waals surface area contributed by atoms with Gasteiger partial charge < -0.3 is 0 Å². The Morgan fingerprint density at radius 3 is 2.23 bits per heavy atom. The first kappa shape index (κ1) is 10.2. The first-order chi connectivity index (χ1) is 6.05. The maximum atomic E-state index is 10.9. The van der Waals surface area contributed by atoms with Crippen LogP contribution < -0.4 is 0 Å². The summed E-state index contributed by atoms with van der Waals surface area (Å²) in [7, 11) is -4.05. The molecule has 0 aliphatic rings. The number of rotatable bonds is 3. The molecule has 0 aromatic heterocycles. The van der Waals surface area contributed by atoms with Crippen LogP contribution in [0, 0.1) is 5.25 Å². The van der Waals surface area contributed by atoms with E-state index in [9.17, 15) is 8.42 Å². The molecule has 0 unspecified atom stereocenters. The average molecular weight is 199 g/mol. The van der Waals surface area contributed by atoms with Crippen LogP contribution in [-0.4, -0.2) is 13.0 Å². The van der Waals surface area contributed by atoms with Crippen LogP contribution in [0.2, 0.25) is 0 Å². The third kappa shape index (κ3) is 2.54. The van der Waals surface area contributed by atoms with E-state index in [2.05, 4.69) is 0 Å². The van der Waals surface area contributed by atoms with Crippen molar-refractivity contribution in [1.29, 1.82) is 0 Å². The van der Waals surface area contributed by atoms with E-state index < -0.39 is 10.1 Å². The van der Waals surface area contributed by atoms with Crippen LogP contribution in [0.3, 0.4) is 0 Å². The lowest BCUT2D eigenvalue weighted by molar-refractivity contribution is 0.483. The van der Waals surface area contributed by atoms with Crippen molar-refractivity contribution in [2.24, 2.45) is 0 Å². The van der Waals surface area contributed by atoms with Crippen LogP contribution in [0.4, 0.5) is 0 Å². The Labute approximate surface area is 78.2 Å². The molecular formula is C9H11O3S. The summed E-state index contributed by atoms with van der Waals surface area (Å²) in [5, 5.41) is 0.0631. The smallest absolute Gasteiger partial charge is 0.276 e. The van der Waals surface area contributed by atoms with Crippen LogP contribution >= 0.6 is 0 Å². The van der Waals surface area contributed by atoms with Crippen LogP contribution in [0.25, 0.3) is 0 Å². The van der Waals surface area contributed by atoms with Gasteiger partial charge in [0.05, 0.1) is 0 Å². The molecule has 0 saturated heterocycles. The average Bonchev–Trinajstić information content (AvgIpc) is 2.05. The van der Waals surface area contributed by atoms with Gasteiger partial charge in [0.2, 0.25) is 0 Å². The summed E-state index contributed by atoms with van der Waals surface area (Å²) in [6, 6.07) is 8.58. The van der Waals surface area contributed by atoms with Crippen molar-refractivity contribution >= 4 is 10.1 Å². The molecule has 71 valence electrons. The molecule has 0 aliphatic carbocycles. The second-order valence-electron chi connectivity index (χ2n) is 2.62. The molecule has 0 spiro atoms. The molecule has 1 aromatic carbocycles.